The molecule has 0 fully saturated rings. The van der Waals surface area contributed by atoms with E-state index in [4.69, 9.17) is 4.74 Å². The fraction of sp³-hybridized carbons (Fsp3) is 0.111. The van der Waals surface area contributed by atoms with Crippen molar-refractivity contribution in [1.82, 2.24) is 9.55 Å². The summed E-state index contributed by atoms with van der Waals surface area (Å²) >= 11 is 0. The van der Waals surface area contributed by atoms with Crippen molar-refractivity contribution in [3.63, 3.8) is 0 Å². The second kappa shape index (κ2) is 5.85. The van der Waals surface area contributed by atoms with Gasteiger partial charge in [0.2, 0.25) is 5.78 Å². The highest BCUT2D eigenvalue weighted by molar-refractivity contribution is 6.06. The number of carbonyl (C=O) groups excluding carboxylic acids is 1. The van der Waals surface area contributed by atoms with Crippen LogP contribution in [-0.2, 0) is 7.05 Å². The van der Waals surface area contributed by atoms with Crippen molar-refractivity contribution in [2.75, 3.05) is 0 Å². The van der Waals surface area contributed by atoms with E-state index in [1.165, 1.54) is 5.56 Å². The Balaban J connectivity index is 1.77. The van der Waals surface area contributed by atoms with Crippen molar-refractivity contribution in [3.05, 3.63) is 77.9 Å². The Labute approximate surface area is 129 Å². The van der Waals surface area contributed by atoms with Crippen molar-refractivity contribution < 1.29 is 9.53 Å². The van der Waals surface area contributed by atoms with E-state index in [1.807, 2.05) is 31.2 Å². The summed E-state index contributed by atoms with van der Waals surface area (Å²) in [5.41, 5.74) is 1.77. The largest absolute Gasteiger partial charge is 0.457 e. The monoisotopic (exact) mass is 292 g/mol. The van der Waals surface area contributed by atoms with Gasteiger partial charge in [0, 0.05) is 25.0 Å². The minimum absolute atomic E-state index is 0.102. The van der Waals surface area contributed by atoms with Crippen LogP contribution in [0.25, 0.3) is 0 Å². The molecule has 0 unspecified atom stereocenters. The van der Waals surface area contributed by atoms with Crippen LogP contribution in [0.2, 0.25) is 0 Å². The quantitative estimate of drug-likeness (QED) is 0.688. The highest BCUT2D eigenvalue weighted by Crippen LogP contribution is 2.22. The van der Waals surface area contributed by atoms with Gasteiger partial charge in [0.1, 0.15) is 11.5 Å². The first-order valence-corrected chi connectivity index (χ1v) is 7.00. The lowest BCUT2D eigenvalue weighted by atomic mass is 10.1. The molecule has 22 heavy (non-hydrogen) atoms. The highest BCUT2D eigenvalue weighted by atomic mass is 16.5. The SMILES string of the molecule is Cc1ccc(Oc2ccc(C(=O)c3nccn3C)cc2)cc1. The molecule has 1 aromatic heterocycles. The fourth-order valence-electron chi connectivity index (χ4n) is 2.13. The number of benzene rings is 2. The summed E-state index contributed by atoms with van der Waals surface area (Å²) in [6, 6.07) is 14.9. The molecule has 0 radical (unpaired) electrons. The zero-order valence-electron chi connectivity index (χ0n) is 12.5. The Morgan fingerprint density at radius 2 is 1.59 bits per heavy atom. The van der Waals surface area contributed by atoms with Crippen LogP contribution < -0.4 is 4.74 Å². The molecule has 0 saturated carbocycles. The number of aromatic nitrogens is 2. The lowest BCUT2D eigenvalue weighted by Crippen LogP contribution is -2.08. The number of aryl methyl sites for hydroxylation is 2. The van der Waals surface area contributed by atoms with Crippen molar-refractivity contribution in [2.45, 2.75) is 6.92 Å². The van der Waals surface area contributed by atoms with Crippen molar-refractivity contribution in [3.8, 4) is 11.5 Å². The summed E-state index contributed by atoms with van der Waals surface area (Å²) in [5.74, 6) is 1.79. The van der Waals surface area contributed by atoms with Crippen LogP contribution in [0.4, 0.5) is 0 Å². The Morgan fingerprint density at radius 3 is 2.14 bits per heavy atom. The molecule has 3 aromatic rings. The third-order valence-electron chi connectivity index (χ3n) is 3.40. The van der Waals surface area contributed by atoms with Gasteiger partial charge in [-0.1, -0.05) is 17.7 Å². The second-order valence-corrected chi connectivity index (χ2v) is 5.13. The summed E-state index contributed by atoms with van der Waals surface area (Å²) in [5, 5.41) is 0. The normalized spacial score (nSPS) is 10.5. The van der Waals surface area contributed by atoms with Crippen LogP contribution in [0.15, 0.2) is 60.9 Å². The molecule has 4 heteroatoms. The molecular weight excluding hydrogens is 276 g/mol. The summed E-state index contributed by atoms with van der Waals surface area (Å²) < 4.78 is 7.46. The Bertz CT molecular complexity index is 787. The minimum Gasteiger partial charge on any atom is -0.457 e. The first kappa shape index (κ1) is 14.1. The average Bonchev–Trinajstić information content (AvgIpc) is 2.96. The topological polar surface area (TPSA) is 44.1 Å². The van der Waals surface area contributed by atoms with Crippen LogP contribution in [0, 0.1) is 6.92 Å². The Morgan fingerprint density at radius 1 is 1.00 bits per heavy atom. The van der Waals surface area contributed by atoms with Gasteiger partial charge in [0.05, 0.1) is 0 Å². The predicted molar refractivity (Wildman–Crippen MR) is 84.3 cm³/mol. The molecule has 0 aliphatic carbocycles. The first-order valence-electron chi connectivity index (χ1n) is 7.00. The van der Waals surface area contributed by atoms with E-state index in [0.717, 1.165) is 5.75 Å². The molecule has 1 heterocycles. The van der Waals surface area contributed by atoms with E-state index in [9.17, 15) is 4.79 Å². The number of imidazole rings is 1. The molecule has 0 spiro atoms. The summed E-state index contributed by atoms with van der Waals surface area (Å²) in [4.78, 5) is 16.4. The number of carbonyl (C=O) groups is 1. The van der Waals surface area contributed by atoms with E-state index in [-0.39, 0.29) is 5.78 Å². The fourth-order valence-corrected chi connectivity index (χ4v) is 2.13. The van der Waals surface area contributed by atoms with E-state index in [0.29, 0.717) is 17.1 Å². The third-order valence-corrected chi connectivity index (χ3v) is 3.40. The Kier molecular flexibility index (Phi) is 3.74. The molecule has 2 aromatic carbocycles. The maximum absolute atomic E-state index is 12.3. The predicted octanol–water partition coefficient (Wildman–Crippen LogP) is 3.75. The third kappa shape index (κ3) is 2.91. The zero-order valence-corrected chi connectivity index (χ0v) is 12.5. The molecule has 0 atom stereocenters. The molecule has 0 aliphatic rings. The van der Waals surface area contributed by atoms with Crippen LogP contribution >= 0.6 is 0 Å². The van der Waals surface area contributed by atoms with Gasteiger partial charge in [-0.2, -0.15) is 0 Å². The zero-order chi connectivity index (χ0) is 15.5. The number of ketones is 1. The van der Waals surface area contributed by atoms with E-state index in [1.54, 1.807) is 48.3 Å². The van der Waals surface area contributed by atoms with Gasteiger partial charge in [-0.15, -0.1) is 0 Å². The van der Waals surface area contributed by atoms with Crippen molar-refractivity contribution in [2.24, 2.45) is 7.05 Å². The van der Waals surface area contributed by atoms with Crippen molar-refractivity contribution >= 4 is 5.78 Å². The van der Waals surface area contributed by atoms with Gasteiger partial charge in [-0.25, -0.2) is 4.98 Å². The van der Waals surface area contributed by atoms with Crippen LogP contribution in [-0.4, -0.2) is 15.3 Å². The maximum Gasteiger partial charge on any atom is 0.228 e. The van der Waals surface area contributed by atoms with Gasteiger partial charge in [-0.3, -0.25) is 4.79 Å². The molecule has 0 aliphatic heterocycles. The van der Waals surface area contributed by atoms with Crippen LogP contribution in [0.1, 0.15) is 21.7 Å². The molecule has 0 saturated heterocycles. The average molecular weight is 292 g/mol. The van der Waals surface area contributed by atoms with Gasteiger partial charge in [0.15, 0.2) is 5.82 Å². The maximum atomic E-state index is 12.3. The molecule has 4 nitrogen and oxygen atoms in total. The highest BCUT2D eigenvalue weighted by Gasteiger charge is 2.13. The lowest BCUT2D eigenvalue weighted by molar-refractivity contribution is 0.102. The van der Waals surface area contributed by atoms with Crippen LogP contribution in [0.5, 0.6) is 11.5 Å². The minimum atomic E-state index is -0.102. The van der Waals surface area contributed by atoms with Crippen LogP contribution in [0.3, 0.4) is 0 Å². The molecular formula is C18H16N2O2. The van der Waals surface area contributed by atoms with Gasteiger partial charge in [0.25, 0.3) is 0 Å². The number of hydrogen-bond acceptors (Lipinski definition) is 3. The summed E-state index contributed by atoms with van der Waals surface area (Å²) in [6.07, 6.45) is 3.37. The lowest BCUT2D eigenvalue weighted by Gasteiger charge is -2.07. The molecule has 110 valence electrons. The first-order chi connectivity index (χ1) is 10.6. The number of ether oxygens (including phenoxy) is 1. The second-order valence-electron chi connectivity index (χ2n) is 5.13. The number of nitrogens with zero attached hydrogens (tertiary/aromatic N) is 2. The number of hydrogen-bond donors (Lipinski definition) is 0. The van der Waals surface area contributed by atoms with E-state index in [2.05, 4.69) is 4.98 Å². The van der Waals surface area contributed by atoms with Gasteiger partial charge in [-0.05, 0) is 43.3 Å². The van der Waals surface area contributed by atoms with Gasteiger partial charge >= 0.3 is 0 Å². The summed E-state index contributed by atoms with van der Waals surface area (Å²) in [6.45, 7) is 2.03. The Hall–Kier alpha value is -2.88. The molecule has 0 amide bonds. The molecule has 0 bridgehead atoms. The standard InChI is InChI=1S/C18H16N2O2/c1-13-3-7-15(8-4-13)22-16-9-5-14(6-10-16)17(21)18-19-11-12-20(18)2/h3-12H,1-2H3. The molecule has 0 N–H and O–H groups in total. The van der Waals surface area contributed by atoms with E-state index >= 15 is 0 Å². The van der Waals surface area contributed by atoms with Crippen molar-refractivity contribution in [1.29, 1.82) is 0 Å². The smallest absolute Gasteiger partial charge is 0.228 e. The number of rotatable bonds is 4. The summed E-state index contributed by atoms with van der Waals surface area (Å²) in [7, 11) is 1.80. The molecule has 3 rings (SSSR count). The van der Waals surface area contributed by atoms with E-state index < -0.39 is 0 Å². The van der Waals surface area contributed by atoms with Gasteiger partial charge < -0.3 is 9.30 Å².